The maximum atomic E-state index is 12.4. The van der Waals surface area contributed by atoms with E-state index in [1.807, 2.05) is 49.4 Å². The molecule has 0 atom stereocenters. The summed E-state index contributed by atoms with van der Waals surface area (Å²) >= 11 is 1.31. The highest BCUT2D eigenvalue weighted by atomic mass is 32.1. The van der Waals surface area contributed by atoms with Crippen LogP contribution in [0.15, 0.2) is 48.7 Å². The number of carbonyl (C=O) groups is 1. The van der Waals surface area contributed by atoms with E-state index in [0.717, 1.165) is 17.7 Å². The molecule has 2 aromatic heterocycles. The Morgan fingerprint density at radius 2 is 1.95 bits per heavy atom. The molecule has 3 rings (SSSR count). The van der Waals surface area contributed by atoms with E-state index in [9.17, 15) is 4.79 Å². The van der Waals surface area contributed by atoms with Crippen molar-refractivity contribution in [2.45, 2.75) is 13.3 Å². The molecule has 0 fully saturated rings. The summed E-state index contributed by atoms with van der Waals surface area (Å²) in [7, 11) is 0. The van der Waals surface area contributed by atoms with E-state index in [4.69, 9.17) is 0 Å². The fourth-order valence-corrected chi connectivity index (χ4v) is 2.80. The number of anilines is 1. The number of hydrogen-bond acceptors (Lipinski definition) is 5. The van der Waals surface area contributed by atoms with Crippen LogP contribution in [0.3, 0.4) is 0 Å². The van der Waals surface area contributed by atoms with Gasteiger partial charge in [0.1, 0.15) is 5.69 Å². The molecule has 1 aromatic carbocycles. The molecule has 0 unspecified atom stereocenters. The number of pyridine rings is 1. The minimum absolute atomic E-state index is 0.166. The minimum atomic E-state index is -0.166. The normalized spacial score (nSPS) is 10.4. The average molecular weight is 310 g/mol. The Bertz CT molecular complexity index is 786. The zero-order chi connectivity index (χ0) is 15.4. The molecule has 0 aliphatic carbocycles. The first-order chi connectivity index (χ1) is 10.8. The lowest BCUT2D eigenvalue weighted by atomic mass is 10.1. The van der Waals surface area contributed by atoms with Crippen LogP contribution >= 0.6 is 11.3 Å². The van der Waals surface area contributed by atoms with Crippen LogP contribution in [0.2, 0.25) is 0 Å². The monoisotopic (exact) mass is 310 g/mol. The Hall–Kier alpha value is -2.60. The summed E-state index contributed by atoms with van der Waals surface area (Å²) in [4.78, 5) is 16.6. The van der Waals surface area contributed by atoms with Crippen molar-refractivity contribution >= 4 is 22.4 Å². The van der Waals surface area contributed by atoms with Gasteiger partial charge in [-0.2, -0.15) is 0 Å². The molecular formula is C16H14N4OS. The molecule has 0 aliphatic rings. The largest absolute Gasteiger partial charge is 0.296 e. The first-order valence-corrected chi connectivity index (χ1v) is 7.73. The van der Waals surface area contributed by atoms with E-state index in [1.165, 1.54) is 11.3 Å². The van der Waals surface area contributed by atoms with Crippen LogP contribution in [0.1, 0.15) is 22.8 Å². The predicted octanol–water partition coefficient (Wildman–Crippen LogP) is 3.41. The second-order valence-corrected chi connectivity index (χ2v) is 5.57. The molecule has 0 radical (unpaired) electrons. The van der Waals surface area contributed by atoms with E-state index in [2.05, 4.69) is 20.5 Å². The molecule has 0 bridgehead atoms. The zero-order valence-corrected chi connectivity index (χ0v) is 12.8. The van der Waals surface area contributed by atoms with Crippen molar-refractivity contribution in [2.24, 2.45) is 0 Å². The number of benzene rings is 1. The summed E-state index contributed by atoms with van der Waals surface area (Å²) in [6, 6.07) is 13.1. The van der Waals surface area contributed by atoms with E-state index < -0.39 is 0 Å². The molecule has 1 N–H and O–H groups in total. The predicted molar refractivity (Wildman–Crippen MR) is 86.9 cm³/mol. The topological polar surface area (TPSA) is 67.8 Å². The summed E-state index contributed by atoms with van der Waals surface area (Å²) in [6.45, 7) is 2.02. The van der Waals surface area contributed by atoms with Crippen molar-refractivity contribution in [1.29, 1.82) is 0 Å². The summed E-state index contributed by atoms with van der Waals surface area (Å²) in [6.07, 6.45) is 2.51. The zero-order valence-electron chi connectivity index (χ0n) is 12.0. The van der Waals surface area contributed by atoms with Gasteiger partial charge in [0.05, 0.1) is 0 Å². The Morgan fingerprint density at radius 3 is 2.73 bits per heavy atom. The van der Waals surface area contributed by atoms with Gasteiger partial charge in [0.25, 0.3) is 5.91 Å². The summed E-state index contributed by atoms with van der Waals surface area (Å²) in [5.74, 6) is -0.166. The van der Waals surface area contributed by atoms with Crippen LogP contribution in [0.25, 0.3) is 10.7 Å². The molecule has 6 heteroatoms. The van der Waals surface area contributed by atoms with Gasteiger partial charge in [-0.1, -0.05) is 42.5 Å². The number of aromatic nitrogens is 3. The van der Waals surface area contributed by atoms with Gasteiger partial charge in [-0.15, -0.1) is 10.2 Å². The first kappa shape index (κ1) is 14.3. The van der Waals surface area contributed by atoms with Gasteiger partial charge >= 0.3 is 0 Å². The second kappa shape index (κ2) is 6.44. The highest BCUT2D eigenvalue weighted by molar-refractivity contribution is 7.18. The van der Waals surface area contributed by atoms with Gasteiger partial charge < -0.3 is 0 Å². The van der Waals surface area contributed by atoms with Gasteiger partial charge in [0.15, 0.2) is 5.01 Å². The van der Waals surface area contributed by atoms with E-state index in [-0.39, 0.29) is 5.91 Å². The Labute approximate surface area is 132 Å². The molecule has 0 saturated carbocycles. The summed E-state index contributed by atoms with van der Waals surface area (Å²) < 4.78 is 0. The lowest BCUT2D eigenvalue weighted by Gasteiger charge is -2.06. The van der Waals surface area contributed by atoms with Crippen molar-refractivity contribution in [1.82, 2.24) is 15.2 Å². The number of aryl methyl sites for hydroxylation is 1. The third kappa shape index (κ3) is 3.01. The number of hydrogen-bond donors (Lipinski definition) is 1. The average Bonchev–Trinajstić information content (AvgIpc) is 3.04. The van der Waals surface area contributed by atoms with Gasteiger partial charge in [-0.25, -0.2) is 0 Å². The molecule has 3 aromatic rings. The molecule has 1 amide bonds. The van der Waals surface area contributed by atoms with Crippen LogP contribution < -0.4 is 5.32 Å². The smallest absolute Gasteiger partial charge is 0.257 e. The maximum Gasteiger partial charge on any atom is 0.257 e. The molecular weight excluding hydrogens is 296 g/mol. The van der Waals surface area contributed by atoms with Gasteiger partial charge in [0.2, 0.25) is 5.13 Å². The first-order valence-electron chi connectivity index (χ1n) is 6.92. The van der Waals surface area contributed by atoms with Gasteiger partial charge in [0, 0.05) is 11.8 Å². The Morgan fingerprint density at radius 1 is 1.14 bits per heavy atom. The van der Waals surface area contributed by atoms with Gasteiger partial charge in [-0.05, 0) is 30.2 Å². The van der Waals surface area contributed by atoms with Crippen molar-refractivity contribution in [2.75, 3.05) is 5.32 Å². The fraction of sp³-hybridized carbons (Fsp3) is 0.125. The third-order valence-corrected chi connectivity index (χ3v) is 4.03. The number of amides is 1. The third-order valence-electron chi connectivity index (χ3n) is 3.17. The Kier molecular flexibility index (Phi) is 4.20. The van der Waals surface area contributed by atoms with Crippen LogP contribution in [-0.4, -0.2) is 21.1 Å². The highest BCUT2D eigenvalue weighted by Crippen LogP contribution is 2.25. The van der Waals surface area contributed by atoms with Crippen LogP contribution in [-0.2, 0) is 6.42 Å². The van der Waals surface area contributed by atoms with Crippen molar-refractivity contribution < 1.29 is 4.79 Å². The van der Waals surface area contributed by atoms with E-state index in [1.54, 1.807) is 6.20 Å². The van der Waals surface area contributed by atoms with Crippen molar-refractivity contribution in [3.63, 3.8) is 0 Å². The van der Waals surface area contributed by atoms with E-state index >= 15 is 0 Å². The number of nitrogens with zero attached hydrogens (tertiary/aromatic N) is 3. The van der Waals surface area contributed by atoms with Crippen molar-refractivity contribution in [3.8, 4) is 10.7 Å². The van der Waals surface area contributed by atoms with E-state index in [0.29, 0.717) is 15.7 Å². The quantitative estimate of drug-likeness (QED) is 0.802. The maximum absolute atomic E-state index is 12.4. The SMILES string of the molecule is CCc1ccccc1C(=O)Nc1nnc(-c2ccccn2)s1. The molecule has 2 heterocycles. The van der Waals surface area contributed by atoms with Crippen LogP contribution in [0.5, 0.6) is 0 Å². The molecule has 22 heavy (non-hydrogen) atoms. The lowest BCUT2D eigenvalue weighted by Crippen LogP contribution is -2.13. The second-order valence-electron chi connectivity index (χ2n) is 4.59. The fourth-order valence-electron chi connectivity index (χ4n) is 2.08. The Balaban J connectivity index is 1.79. The minimum Gasteiger partial charge on any atom is -0.296 e. The highest BCUT2D eigenvalue weighted by Gasteiger charge is 2.13. The number of carbonyl (C=O) groups excluding carboxylic acids is 1. The molecule has 5 nitrogen and oxygen atoms in total. The van der Waals surface area contributed by atoms with Gasteiger partial charge in [-0.3, -0.25) is 15.1 Å². The van der Waals surface area contributed by atoms with Crippen molar-refractivity contribution in [3.05, 3.63) is 59.8 Å². The lowest BCUT2D eigenvalue weighted by molar-refractivity contribution is 0.102. The number of nitrogens with one attached hydrogen (secondary N) is 1. The molecule has 0 aliphatic heterocycles. The number of rotatable bonds is 4. The molecule has 0 saturated heterocycles. The standard InChI is InChI=1S/C16H14N4OS/c1-2-11-7-3-4-8-12(11)14(21)18-16-20-19-15(22-16)13-9-5-6-10-17-13/h3-10H,2H2,1H3,(H,18,20,21). The summed E-state index contributed by atoms with van der Waals surface area (Å²) in [5, 5.41) is 12.0. The molecule has 0 spiro atoms. The summed E-state index contributed by atoms with van der Waals surface area (Å²) in [5.41, 5.74) is 2.42. The van der Waals surface area contributed by atoms with Crippen LogP contribution in [0.4, 0.5) is 5.13 Å². The van der Waals surface area contributed by atoms with Crippen LogP contribution in [0, 0.1) is 0 Å². The molecule has 110 valence electrons.